The van der Waals surface area contributed by atoms with E-state index in [-0.39, 0.29) is 0 Å². The molecule has 0 unspecified atom stereocenters. The van der Waals surface area contributed by atoms with E-state index in [1.807, 2.05) is 0 Å². The molecule has 0 amide bonds. The summed E-state index contributed by atoms with van der Waals surface area (Å²) in [4.78, 5) is 0. The molecule has 1 aliphatic carbocycles. The van der Waals surface area contributed by atoms with Crippen molar-refractivity contribution < 1.29 is 13.9 Å². The molecule has 5 heteroatoms. The zero-order chi connectivity index (χ0) is 12.4. The quantitative estimate of drug-likeness (QED) is 0.684. The molecule has 0 aromatic carbocycles. The monoisotopic (exact) mass is 248 g/mol. The number of rotatable bonds is 6. The van der Waals surface area contributed by atoms with Crippen LogP contribution in [0.3, 0.4) is 0 Å². The van der Waals surface area contributed by atoms with Gasteiger partial charge in [-0.3, -0.25) is 0 Å². The van der Waals surface area contributed by atoms with Gasteiger partial charge in [-0.05, 0) is 25.7 Å². The van der Waals surface area contributed by atoms with Crippen LogP contribution >= 0.6 is 0 Å². The molecular weight excluding hydrogens is 223 g/mol. The summed E-state index contributed by atoms with van der Waals surface area (Å²) >= 11 is 0. The van der Waals surface area contributed by atoms with Crippen molar-refractivity contribution in [3.05, 3.63) is 0 Å². The highest BCUT2D eigenvalue weighted by molar-refractivity contribution is 4.93. The Balaban J connectivity index is 0.000000202. The molecule has 2 rings (SSSR count). The van der Waals surface area contributed by atoms with Crippen molar-refractivity contribution in [3.8, 4) is 0 Å². The van der Waals surface area contributed by atoms with Gasteiger partial charge in [-0.25, -0.2) is 4.39 Å². The van der Waals surface area contributed by atoms with Crippen molar-refractivity contribution in [2.75, 3.05) is 46.1 Å². The number of ether oxygens (including phenoxy) is 2. The lowest BCUT2D eigenvalue weighted by Crippen LogP contribution is -2.30. The molecule has 2 aliphatic rings. The molecule has 1 saturated carbocycles. The summed E-state index contributed by atoms with van der Waals surface area (Å²) < 4.78 is 23.1. The van der Waals surface area contributed by atoms with Gasteiger partial charge in [0.05, 0.1) is 19.8 Å². The Labute approximate surface area is 103 Å². The molecule has 102 valence electrons. The van der Waals surface area contributed by atoms with Crippen LogP contribution in [0, 0.1) is 0 Å². The van der Waals surface area contributed by atoms with Crippen LogP contribution in [0.5, 0.6) is 0 Å². The Bertz CT molecular complexity index is 174. The maximum absolute atomic E-state index is 12.9. The minimum Gasteiger partial charge on any atom is -0.380 e. The smallest absolute Gasteiger partial charge is 0.111 e. The largest absolute Gasteiger partial charge is 0.380 e. The number of alkyl halides is 1. The highest BCUT2D eigenvalue weighted by Crippen LogP contribution is 2.43. The molecule has 0 atom stereocenters. The van der Waals surface area contributed by atoms with Gasteiger partial charge in [0.15, 0.2) is 0 Å². The minimum atomic E-state index is -0.813. The van der Waals surface area contributed by atoms with E-state index in [9.17, 15) is 4.39 Å². The molecule has 17 heavy (non-hydrogen) atoms. The van der Waals surface area contributed by atoms with Crippen LogP contribution in [0.2, 0.25) is 0 Å². The van der Waals surface area contributed by atoms with E-state index in [4.69, 9.17) is 15.2 Å². The van der Waals surface area contributed by atoms with Gasteiger partial charge < -0.3 is 20.5 Å². The number of nitrogens with two attached hydrogens (primary N) is 1. The van der Waals surface area contributed by atoms with Gasteiger partial charge in [-0.2, -0.15) is 0 Å². The molecule has 1 aliphatic heterocycles. The second-order valence-electron chi connectivity index (χ2n) is 4.52. The number of hydrogen-bond donors (Lipinski definition) is 2. The molecule has 0 bridgehead atoms. The van der Waals surface area contributed by atoms with E-state index < -0.39 is 5.67 Å². The Kier molecular flexibility index (Phi) is 7.68. The highest BCUT2D eigenvalue weighted by atomic mass is 19.1. The zero-order valence-corrected chi connectivity index (χ0v) is 10.5. The van der Waals surface area contributed by atoms with Crippen molar-refractivity contribution in [2.45, 2.75) is 31.4 Å². The summed E-state index contributed by atoms with van der Waals surface area (Å²) in [5.74, 6) is 0. The molecule has 0 spiro atoms. The van der Waals surface area contributed by atoms with Gasteiger partial charge >= 0.3 is 0 Å². The predicted octanol–water partition coefficient (Wildman–Crippen LogP) is 0.850. The molecule has 1 saturated heterocycles. The predicted molar refractivity (Wildman–Crippen MR) is 65.9 cm³/mol. The third-order valence-electron chi connectivity index (χ3n) is 2.81. The molecule has 0 aromatic heterocycles. The summed E-state index contributed by atoms with van der Waals surface area (Å²) in [5.41, 5.74) is 4.40. The summed E-state index contributed by atoms with van der Waals surface area (Å²) in [6.45, 7) is 5.64. The lowest BCUT2D eigenvalue weighted by molar-refractivity contribution is 0.109. The standard InChI is InChI=1S/C8H16FNO.C4H9NO/c9-8(3-4-8)2-1-6-11-7-5-10;1-3-6-4-2-5-1/h1-7,10H2;5H,1-4H2. The number of halogens is 1. The van der Waals surface area contributed by atoms with Gasteiger partial charge in [-0.15, -0.1) is 0 Å². The second-order valence-corrected chi connectivity index (χ2v) is 4.52. The van der Waals surface area contributed by atoms with E-state index in [1.165, 1.54) is 0 Å². The van der Waals surface area contributed by atoms with E-state index in [0.717, 1.165) is 45.6 Å². The van der Waals surface area contributed by atoms with Gasteiger partial charge in [0.25, 0.3) is 0 Å². The lowest BCUT2D eigenvalue weighted by atomic mass is 10.2. The summed E-state index contributed by atoms with van der Waals surface area (Å²) in [6.07, 6.45) is 3.00. The fraction of sp³-hybridized carbons (Fsp3) is 1.00. The van der Waals surface area contributed by atoms with Crippen molar-refractivity contribution >= 4 is 0 Å². The third-order valence-corrected chi connectivity index (χ3v) is 2.81. The van der Waals surface area contributed by atoms with Gasteiger partial charge in [0.1, 0.15) is 5.67 Å². The topological polar surface area (TPSA) is 56.5 Å². The average molecular weight is 248 g/mol. The molecule has 3 N–H and O–H groups in total. The normalized spacial score (nSPS) is 21.5. The van der Waals surface area contributed by atoms with Crippen molar-refractivity contribution in [1.82, 2.24) is 5.32 Å². The Hall–Kier alpha value is -0.230. The number of morpholine rings is 1. The van der Waals surface area contributed by atoms with Crippen LogP contribution in [-0.2, 0) is 9.47 Å². The molecule has 4 nitrogen and oxygen atoms in total. The summed E-state index contributed by atoms with van der Waals surface area (Å²) in [5, 5.41) is 3.16. The zero-order valence-electron chi connectivity index (χ0n) is 10.5. The molecule has 2 fully saturated rings. The number of nitrogens with one attached hydrogen (secondary N) is 1. The SMILES string of the molecule is C1COCCN1.NCCOCCCC1(F)CC1. The summed E-state index contributed by atoms with van der Waals surface area (Å²) in [6, 6.07) is 0. The lowest BCUT2D eigenvalue weighted by Gasteiger charge is -2.10. The number of hydrogen-bond acceptors (Lipinski definition) is 4. The first-order chi connectivity index (χ1) is 8.27. The highest BCUT2D eigenvalue weighted by Gasteiger charge is 2.41. The first kappa shape index (κ1) is 14.8. The second kappa shape index (κ2) is 8.80. The van der Waals surface area contributed by atoms with E-state index in [1.54, 1.807) is 0 Å². The molecular formula is C12H25FN2O2. The molecule has 1 heterocycles. The van der Waals surface area contributed by atoms with Crippen LogP contribution in [0.25, 0.3) is 0 Å². The van der Waals surface area contributed by atoms with E-state index in [2.05, 4.69) is 5.32 Å². The van der Waals surface area contributed by atoms with Crippen LogP contribution in [0.1, 0.15) is 25.7 Å². The minimum absolute atomic E-state index is 0.556. The van der Waals surface area contributed by atoms with Crippen LogP contribution in [-0.4, -0.2) is 51.7 Å². The van der Waals surface area contributed by atoms with Crippen LogP contribution in [0.4, 0.5) is 4.39 Å². The van der Waals surface area contributed by atoms with Gasteiger partial charge in [-0.1, -0.05) is 0 Å². The average Bonchev–Trinajstić information content (AvgIpc) is 3.10. The van der Waals surface area contributed by atoms with Crippen molar-refractivity contribution in [3.63, 3.8) is 0 Å². The van der Waals surface area contributed by atoms with E-state index in [0.29, 0.717) is 26.2 Å². The first-order valence-corrected chi connectivity index (χ1v) is 6.52. The maximum atomic E-state index is 12.9. The van der Waals surface area contributed by atoms with Crippen LogP contribution < -0.4 is 11.1 Å². The van der Waals surface area contributed by atoms with Crippen molar-refractivity contribution in [1.29, 1.82) is 0 Å². The first-order valence-electron chi connectivity index (χ1n) is 6.52. The molecule has 0 radical (unpaired) electrons. The third kappa shape index (κ3) is 8.49. The van der Waals surface area contributed by atoms with Crippen molar-refractivity contribution in [2.24, 2.45) is 5.73 Å². The van der Waals surface area contributed by atoms with Gasteiger partial charge in [0, 0.05) is 26.2 Å². The maximum Gasteiger partial charge on any atom is 0.111 e. The fourth-order valence-electron chi connectivity index (χ4n) is 1.58. The van der Waals surface area contributed by atoms with Gasteiger partial charge in [0.2, 0.25) is 0 Å². The Morgan fingerprint density at radius 1 is 1.24 bits per heavy atom. The Morgan fingerprint density at radius 2 is 1.94 bits per heavy atom. The molecule has 0 aromatic rings. The van der Waals surface area contributed by atoms with Crippen LogP contribution in [0.15, 0.2) is 0 Å². The Morgan fingerprint density at radius 3 is 2.35 bits per heavy atom. The van der Waals surface area contributed by atoms with E-state index >= 15 is 0 Å². The summed E-state index contributed by atoms with van der Waals surface area (Å²) in [7, 11) is 0. The fourth-order valence-corrected chi connectivity index (χ4v) is 1.58.